The molecule has 5 heteroatoms. The van der Waals surface area contributed by atoms with Gasteiger partial charge in [-0.1, -0.05) is 19.9 Å². The number of amides is 1. The molecule has 0 heterocycles. The predicted molar refractivity (Wildman–Crippen MR) is 60.7 cm³/mol. The Morgan fingerprint density at radius 1 is 1.38 bits per heavy atom. The minimum Gasteiger partial charge on any atom is -0.381 e. The van der Waals surface area contributed by atoms with Gasteiger partial charge in [0.25, 0.3) is 5.91 Å². The molecule has 0 aromatic heterocycles. The van der Waals surface area contributed by atoms with Crippen LogP contribution in [0, 0.1) is 0 Å². The standard InChI is InChI=1S/C11H18N2O3/c1-4-6-9(12-5-2)10(15)11(16)13-7-8(3)14/h5,9,12H,2,4,6-7H2,1,3H3,(H,13,16). The average molecular weight is 226 g/mol. The van der Waals surface area contributed by atoms with Crippen molar-refractivity contribution in [3.05, 3.63) is 12.8 Å². The van der Waals surface area contributed by atoms with Crippen LogP contribution in [-0.2, 0) is 14.4 Å². The maximum Gasteiger partial charge on any atom is 0.289 e. The number of carbonyl (C=O) groups is 3. The van der Waals surface area contributed by atoms with Gasteiger partial charge in [0.15, 0.2) is 0 Å². The van der Waals surface area contributed by atoms with E-state index in [1.807, 2.05) is 6.92 Å². The lowest BCUT2D eigenvalue weighted by molar-refractivity contribution is -0.139. The van der Waals surface area contributed by atoms with Crippen molar-refractivity contribution in [2.75, 3.05) is 6.54 Å². The van der Waals surface area contributed by atoms with Crippen molar-refractivity contribution in [2.45, 2.75) is 32.7 Å². The summed E-state index contributed by atoms with van der Waals surface area (Å²) in [6.07, 6.45) is 2.71. The summed E-state index contributed by atoms with van der Waals surface area (Å²) < 4.78 is 0. The van der Waals surface area contributed by atoms with Gasteiger partial charge in [-0.3, -0.25) is 14.4 Å². The molecule has 0 radical (unpaired) electrons. The number of hydrogen-bond donors (Lipinski definition) is 2. The number of ketones is 2. The summed E-state index contributed by atoms with van der Waals surface area (Å²) in [6, 6.07) is -0.561. The molecule has 0 fully saturated rings. The highest BCUT2D eigenvalue weighted by Gasteiger charge is 2.23. The second kappa shape index (κ2) is 7.62. The zero-order chi connectivity index (χ0) is 12.6. The molecule has 2 N–H and O–H groups in total. The topological polar surface area (TPSA) is 75.3 Å². The predicted octanol–water partition coefficient (Wildman–Crippen LogP) is 0.162. The zero-order valence-electron chi connectivity index (χ0n) is 9.71. The number of nitrogens with one attached hydrogen (secondary N) is 2. The van der Waals surface area contributed by atoms with E-state index in [4.69, 9.17) is 0 Å². The van der Waals surface area contributed by atoms with E-state index in [0.717, 1.165) is 6.42 Å². The van der Waals surface area contributed by atoms with Crippen molar-refractivity contribution in [1.82, 2.24) is 10.6 Å². The molecule has 0 bridgehead atoms. The third-order valence-corrected chi connectivity index (χ3v) is 1.93. The van der Waals surface area contributed by atoms with Crippen LogP contribution in [0.1, 0.15) is 26.7 Å². The third-order valence-electron chi connectivity index (χ3n) is 1.93. The van der Waals surface area contributed by atoms with Gasteiger partial charge in [0.1, 0.15) is 5.78 Å². The molecule has 1 atom stereocenters. The number of rotatable bonds is 8. The van der Waals surface area contributed by atoms with Crippen molar-refractivity contribution in [2.24, 2.45) is 0 Å². The van der Waals surface area contributed by atoms with Crippen LogP contribution in [0.15, 0.2) is 12.8 Å². The van der Waals surface area contributed by atoms with E-state index in [0.29, 0.717) is 6.42 Å². The third kappa shape index (κ3) is 5.29. The molecule has 1 amide bonds. The summed E-state index contributed by atoms with van der Waals surface area (Å²) in [5.41, 5.74) is 0. The Morgan fingerprint density at radius 3 is 2.44 bits per heavy atom. The molecule has 0 spiro atoms. The van der Waals surface area contributed by atoms with Crippen LogP contribution in [-0.4, -0.2) is 30.1 Å². The molecule has 0 rings (SSSR count). The lowest BCUT2D eigenvalue weighted by Gasteiger charge is -2.14. The van der Waals surface area contributed by atoms with E-state index in [-0.39, 0.29) is 12.3 Å². The van der Waals surface area contributed by atoms with Crippen molar-refractivity contribution >= 4 is 17.5 Å². The molecular weight excluding hydrogens is 208 g/mol. The molecule has 5 nitrogen and oxygen atoms in total. The minimum absolute atomic E-state index is 0.114. The minimum atomic E-state index is -0.733. The number of Topliss-reactive ketones (excluding diaryl/α,β-unsaturated/α-hetero) is 2. The van der Waals surface area contributed by atoms with Gasteiger partial charge in [-0.05, 0) is 19.5 Å². The first kappa shape index (κ1) is 14.3. The summed E-state index contributed by atoms with van der Waals surface area (Å²) >= 11 is 0. The van der Waals surface area contributed by atoms with Crippen LogP contribution in [0.2, 0.25) is 0 Å². The molecular formula is C11H18N2O3. The highest BCUT2D eigenvalue weighted by molar-refractivity contribution is 6.38. The van der Waals surface area contributed by atoms with Crippen LogP contribution in [0.5, 0.6) is 0 Å². The molecule has 0 aromatic rings. The van der Waals surface area contributed by atoms with E-state index in [1.54, 1.807) is 0 Å². The van der Waals surface area contributed by atoms with Crippen LogP contribution < -0.4 is 10.6 Å². The molecule has 16 heavy (non-hydrogen) atoms. The molecule has 0 aliphatic heterocycles. The van der Waals surface area contributed by atoms with Gasteiger partial charge in [0.05, 0.1) is 12.6 Å². The summed E-state index contributed by atoms with van der Waals surface area (Å²) in [4.78, 5) is 33.6. The van der Waals surface area contributed by atoms with Gasteiger partial charge >= 0.3 is 0 Å². The van der Waals surface area contributed by atoms with Gasteiger partial charge in [0.2, 0.25) is 5.78 Å². The Balaban J connectivity index is 4.30. The largest absolute Gasteiger partial charge is 0.381 e. The van der Waals surface area contributed by atoms with Gasteiger partial charge in [0, 0.05) is 0 Å². The Morgan fingerprint density at radius 2 is 2.00 bits per heavy atom. The van der Waals surface area contributed by atoms with Crippen LogP contribution >= 0.6 is 0 Å². The van der Waals surface area contributed by atoms with Gasteiger partial charge in [-0.2, -0.15) is 0 Å². The Bertz CT molecular complexity index is 287. The highest BCUT2D eigenvalue weighted by atomic mass is 16.2. The van der Waals surface area contributed by atoms with E-state index >= 15 is 0 Å². The van der Waals surface area contributed by atoms with Gasteiger partial charge < -0.3 is 10.6 Å². The first-order chi connectivity index (χ1) is 7.52. The lowest BCUT2D eigenvalue weighted by atomic mass is 10.1. The van der Waals surface area contributed by atoms with Gasteiger partial charge in [-0.25, -0.2) is 0 Å². The maximum absolute atomic E-state index is 11.6. The monoisotopic (exact) mass is 226 g/mol. The second-order valence-corrected chi connectivity index (χ2v) is 3.46. The normalized spacial score (nSPS) is 11.4. The van der Waals surface area contributed by atoms with Crippen LogP contribution in [0.4, 0.5) is 0 Å². The van der Waals surface area contributed by atoms with E-state index < -0.39 is 17.7 Å². The van der Waals surface area contributed by atoms with E-state index in [9.17, 15) is 14.4 Å². The zero-order valence-corrected chi connectivity index (χ0v) is 9.71. The molecule has 0 aliphatic carbocycles. The fourth-order valence-corrected chi connectivity index (χ4v) is 1.17. The molecule has 0 saturated carbocycles. The maximum atomic E-state index is 11.6. The second-order valence-electron chi connectivity index (χ2n) is 3.46. The quantitative estimate of drug-likeness (QED) is 0.578. The summed E-state index contributed by atoms with van der Waals surface area (Å²) in [7, 11) is 0. The molecule has 90 valence electrons. The smallest absolute Gasteiger partial charge is 0.289 e. The Hall–Kier alpha value is -1.65. The van der Waals surface area contributed by atoms with E-state index in [1.165, 1.54) is 13.1 Å². The SMILES string of the molecule is C=CNC(CCC)C(=O)C(=O)NCC(C)=O. The van der Waals surface area contributed by atoms with Crippen molar-refractivity contribution in [3.63, 3.8) is 0 Å². The summed E-state index contributed by atoms with van der Waals surface area (Å²) in [5.74, 6) is -1.49. The van der Waals surface area contributed by atoms with Gasteiger partial charge in [-0.15, -0.1) is 0 Å². The van der Waals surface area contributed by atoms with Crippen molar-refractivity contribution < 1.29 is 14.4 Å². The van der Waals surface area contributed by atoms with Crippen LogP contribution in [0.3, 0.4) is 0 Å². The van der Waals surface area contributed by atoms with E-state index in [2.05, 4.69) is 17.2 Å². The Labute approximate surface area is 95.3 Å². The first-order valence-corrected chi connectivity index (χ1v) is 5.21. The van der Waals surface area contributed by atoms with Crippen molar-refractivity contribution in [1.29, 1.82) is 0 Å². The van der Waals surface area contributed by atoms with Crippen LogP contribution in [0.25, 0.3) is 0 Å². The Kier molecular flexibility index (Phi) is 6.83. The fraction of sp³-hybridized carbons (Fsp3) is 0.545. The number of hydrogen-bond acceptors (Lipinski definition) is 4. The van der Waals surface area contributed by atoms with Crippen molar-refractivity contribution in [3.8, 4) is 0 Å². The molecule has 0 aromatic carbocycles. The molecule has 0 aliphatic rings. The highest BCUT2D eigenvalue weighted by Crippen LogP contribution is 1.98. The molecule has 1 unspecified atom stereocenters. The number of carbonyl (C=O) groups excluding carboxylic acids is 3. The first-order valence-electron chi connectivity index (χ1n) is 5.21. The molecule has 0 saturated heterocycles. The average Bonchev–Trinajstić information content (AvgIpc) is 2.24. The summed E-state index contributed by atoms with van der Waals surface area (Å²) in [6.45, 7) is 6.59. The lowest BCUT2D eigenvalue weighted by Crippen LogP contribution is -2.44. The summed E-state index contributed by atoms with van der Waals surface area (Å²) in [5, 5.41) is 4.99. The fourth-order valence-electron chi connectivity index (χ4n) is 1.17.